The van der Waals surface area contributed by atoms with E-state index < -0.39 is 0 Å². The molecule has 2 rings (SSSR count). The SMILES string of the molecule is COCCCNC(=O)CNCC1(C2CC2)CC1. The van der Waals surface area contributed by atoms with Gasteiger partial charge in [-0.15, -0.1) is 0 Å². The lowest BCUT2D eigenvalue weighted by molar-refractivity contribution is -0.120. The first-order valence-corrected chi connectivity index (χ1v) is 6.73. The van der Waals surface area contributed by atoms with Crippen molar-refractivity contribution in [1.29, 1.82) is 0 Å². The molecule has 0 heterocycles. The van der Waals surface area contributed by atoms with Crippen LogP contribution in [0.2, 0.25) is 0 Å². The average Bonchev–Trinajstić information content (AvgIpc) is 3.15. The molecule has 1 amide bonds. The zero-order chi connectivity index (χ0) is 12.1. The Morgan fingerprint density at radius 1 is 1.41 bits per heavy atom. The summed E-state index contributed by atoms with van der Waals surface area (Å²) in [4.78, 5) is 11.5. The molecule has 0 saturated heterocycles. The molecule has 4 nitrogen and oxygen atoms in total. The van der Waals surface area contributed by atoms with Gasteiger partial charge in [-0.1, -0.05) is 0 Å². The molecule has 0 unspecified atom stereocenters. The van der Waals surface area contributed by atoms with Gasteiger partial charge in [0.15, 0.2) is 0 Å². The van der Waals surface area contributed by atoms with Gasteiger partial charge in [0.25, 0.3) is 0 Å². The van der Waals surface area contributed by atoms with E-state index >= 15 is 0 Å². The first kappa shape index (κ1) is 12.8. The Kier molecular flexibility index (Phi) is 4.40. The van der Waals surface area contributed by atoms with Gasteiger partial charge in [-0.25, -0.2) is 0 Å². The van der Waals surface area contributed by atoms with Crippen LogP contribution in [0.4, 0.5) is 0 Å². The van der Waals surface area contributed by atoms with E-state index in [0.717, 1.165) is 18.9 Å². The molecule has 0 bridgehead atoms. The highest BCUT2D eigenvalue weighted by Gasteiger charge is 2.53. The van der Waals surface area contributed by atoms with Crippen molar-refractivity contribution < 1.29 is 9.53 Å². The second kappa shape index (κ2) is 5.83. The summed E-state index contributed by atoms with van der Waals surface area (Å²) in [5.74, 6) is 1.06. The molecule has 17 heavy (non-hydrogen) atoms. The molecule has 2 aliphatic carbocycles. The van der Waals surface area contributed by atoms with E-state index in [1.54, 1.807) is 7.11 Å². The van der Waals surface area contributed by atoms with E-state index in [0.29, 0.717) is 25.1 Å². The van der Waals surface area contributed by atoms with Crippen molar-refractivity contribution in [2.45, 2.75) is 32.1 Å². The smallest absolute Gasteiger partial charge is 0.233 e. The van der Waals surface area contributed by atoms with Gasteiger partial charge < -0.3 is 15.4 Å². The monoisotopic (exact) mass is 240 g/mol. The molecule has 0 aromatic heterocycles. The van der Waals surface area contributed by atoms with E-state index in [4.69, 9.17) is 4.74 Å². The van der Waals surface area contributed by atoms with Crippen molar-refractivity contribution in [2.75, 3.05) is 33.4 Å². The Morgan fingerprint density at radius 2 is 2.18 bits per heavy atom. The van der Waals surface area contributed by atoms with Gasteiger partial charge in [-0.2, -0.15) is 0 Å². The summed E-state index contributed by atoms with van der Waals surface area (Å²) in [5.41, 5.74) is 0.580. The minimum Gasteiger partial charge on any atom is -0.385 e. The van der Waals surface area contributed by atoms with Crippen LogP contribution in [0.1, 0.15) is 32.1 Å². The van der Waals surface area contributed by atoms with Gasteiger partial charge in [0.05, 0.1) is 6.54 Å². The largest absolute Gasteiger partial charge is 0.385 e. The number of nitrogens with one attached hydrogen (secondary N) is 2. The summed E-state index contributed by atoms with van der Waals surface area (Å²) in [6.45, 7) is 2.91. The summed E-state index contributed by atoms with van der Waals surface area (Å²) >= 11 is 0. The minimum absolute atomic E-state index is 0.104. The summed E-state index contributed by atoms with van der Waals surface area (Å²) in [5, 5.41) is 6.19. The lowest BCUT2D eigenvalue weighted by Crippen LogP contribution is -2.37. The van der Waals surface area contributed by atoms with Crippen LogP contribution in [-0.4, -0.2) is 39.3 Å². The summed E-state index contributed by atoms with van der Waals surface area (Å²) < 4.78 is 4.92. The van der Waals surface area contributed by atoms with Gasteiger partial charge >= 0.3 is 0 Å². The van der Waals surface area contributed by atoms with Crippen molar-refractivity contribution >= 4 is 5.91 Å². The minimum atomic E-state index is 0.104. The Balaban J connectivity index is 1.48. The highest BCUT2D eigenvalue weighted by Crippen LogP contribution is 2.60. The number of methoxy groups -OCH3 is 1. The first-order valence-electron chi connectivity index (χ1n) is 6.73. The zero-order valence-corrected chi connectivity index (χ0v) is 10.8. The zero-order valence-electron chi connectivity index (χ0n) is 10.8. The third-order valence-electron chi connectivity index (χ3n) is 3.95. The van der Waals surface area contributed by atoms with Crippen molar-refractivity contribution in [3.8, 4) is 0 Å². The molecule has 98 valence electrons. The average molecular weight is 240 g/mol. The summed E-state index contributed by atoms with van der Waals surface area (Å²) in [7, 11) is 1.68. The number of carbonyl (C=O) groups excluding carboxylic acids is 1. The Hall–Kier alpha value is -0.610. The number of carbonyl (C=O) groups is 1. The second-order valence-corrected chi connectivity index (χ2v) is 5.44. The van der Waals surface area contributed by atoms with Crippen LogP contribution in [0.15, 0.2) is 0 Å². The quantitative estimate of drug-likeness (QED) is 0.589. The third kappa shape index (κ3) is 3.96. The van der Waals surface area contributed by atoms with Crippen LogP contribution in [0.25, 0.3) is 0 Å². The van der Waals surface area contributed by atoms with E-state index in [-0.39, 0.29) is 5.91 Å². The topological polar surface area (TPSA) is 50.4 Å². The molecule has 0 spiro atoms. The van der Waals surface area contributed by atoms with Crippen LogP contribution < -0.4 is 10.6 Å². The maximum atomic E-state index is 11.5. The Labute approximate surface area is 103 Å². The van der Waals surface area contributed by atoms with Crippen molar-refractivity contribution in [3.63, 3.8) is 0 Å². The fourth-order valence-electron chi connectivity index (χ4n) is 2.52. The Bertz CT molecular complexity index is 260. The van der Waals surface area contributed by atoms with E-state index in [1.165, 1.54) is 25.7 Å². The number of hydrogen-bond acceptors (Lipinski definition) is 3. The van der Waals surface area contributed by atoms with Gasteiger partial charge in [0.2, 0.25) is 5.91 Å². The number of ether oxygens (including phenoxy) is 1. The predicted octanol–water partition coefficient (Wildman–Crippen LogP) is 0.919. The fraction of sp³-hybridized carbons (Fsp3) is 0.923. The van der Waals surface area contributed by atoms with Crippen LogP contribution in [0.3, 0.4) is 0 Å². The molecule has 0 aromatic rings. The van der Waals surface area contributed by atoms with E-state index in [9.17, 15) is 4.79 Å². The maximum Gasteiger partial charge on any atom is 0.233 e. The molecule has 4 heteroatoms. The fourth-order valence-corrected chi connectivity index (χ4v) is 2.52. The summed E-state index contributed by atoms with van der Waals surface area (Å²) in [6.07, 6.45) is 6.42. The summed E-state index contributed by atoms with van der Waals surface area (Å²) in [6, 6.07) is 0. The van der Waals surface area contributed by atoms with Crippen molar-refractivity contribution in [1.82, 2.24) is 10.6 Å². The molecule has 0 aliphatic heterocycles. The first-order chi connectivity index (χ1) is 8.27. The van der Waals surface area contributed by atoms with Crippen molar-refractivity contribution in [3.05, 3.63) is 0 Å². The van der Waals surface area contributed by atoms with Crippen molar-refractivity contribution in [2.24, 2.45) is 11.3 Å². The lowest BCUT2D eigenvalue weighted by Gasteiger charge is -2.14. The Morgan fingerprint density at radius 3 is 2.76 bits per heavy atom. The second-order valence-electron chi connectivity index (χ2n) is 5.44. The predicted molar refractivity (Wildman–Crippen MR) is 66.8 cm³/mol. The van der Waals surface area contributed by atoms with Crippen LogP contribution in [0, 0.1) is 11.3 Å². The molecular formula is C13H24N2O2. The van der Waals surface area contributed by atoms with Crippen LogP contribution >= 0.6 is 0 Å². The van der Waals surface area contributed by atoms with Gasteiger partial charge in [-0.3, -0.25) is 4.79 Å². The highest BCUT2D eigenvalue weighted by atomic mass is 16.5. The normalized spacial score (nSPS) is 21.2. The van der Waals surface area contributed by atoms with Crippen LogP contribution in [-0.2, 0) is 9.53 Å². The number of hydrogen-bond donors (Lipinski definition) is 2. The molecular weight excluding hydrogens is 216 g/mol. The molecule has 0 radical (unpaired) electrons. The molecule has 0 atom stereocenters. The van der Waals surface area contributed by atoms with E-state index in [1.807, 2.05) is 0 Å². The maximum absolute atomic E-state index is 11.5. The molecule has 2 fully saturated rings. The third-order valence-corrected chi connectivity index (χ3v) is 3.95. The standard InChI is InChI=1S/C13H24N2O2/c1-17-8-2-7-15-12(16)9-14-10-13(5-6-13)11-3-4-11/h11,14H,2-10H2,1H3,(H,15,16). The molecule has 2 N–H and O–H groups in total. The molecule has 0 aromatic carbocycles. The van der Waals surface area contributed by atoms with Crippen LogP contribution in [0.5, 0.6) is 0 Å². The molecule has 2 saturated carbocycles. The lowest BCUT2D eigenvalue weighted by atomic mass is 10.0. The number of rotatable bonds is 9. The van der Waals surface area contributed by atoms with Gasteiger partial charge in [0, 0.05) is 26.8 Å². The number of amides is 1. The van der Waals surface area contributed by atoms with Gasteiger partial charge in [-0.05, 0) is 43.4 Å². The van der Waals surface area contributed by atoms with E-state index in [2.05, 4.69) is 10.6 Å². The van der Waals surface area contributed by atoms with Gasteiger partial charge in [0.1, 0.15) is 0 Å². The highest BCUT2D eigenvalue weighted by molar-refractivity contribution is 5.77. The molecule has 2 aliphatic rings.